The van der Waals surface area contributed by atoms with Gasteiger partial charge in [0.15, 0.2) is 0 Å². The van der Waals surface area contributed by atoms with Crippen LogP contribution in [0.5, 0.6) is 5.75 Å². The van der Waals surface area contributed by atoms with Gasteiger partial charge in [0.25, 0.3) is 0 Å². The van der Waals surface area contributed by atoms with Crippen LogP contribution >= 0.6 is 15.9 Å². The summed E-state index contributed by atoms with van der Waals surface area (Å²) in [7, 11) is 0. The molecule has 0 fully saturated rings. The van der Waals surface area contributed by atoms with Gasteiger partial charge < -0.3 is 10.1 Å². The van der Waals surface area contributed by atoms with Crippen molar-refractivity contribution in [3.8, 4) is 17.1 Å². The van der Waals surface area contributed by atoms with Gasteiger partial charge in [-0.2, -0.15) is 0 Å². The summed E-state index contributed by atoms with van der Waals surface area (Å²) in [6.45, 7) is 2.08. The fourth-order valence-corrected chi connectivity index (χ4v) is 2.63. The molecule has 3 nitrogen and oxygen atoms in total. The van der Waals surface area contributed by atoms with Crippen LogP contribution in [0, 0.1) is 0 Å². The van der Waals surface area contributed by atoms with Crippen LogP contribution in [0.25, 0.3) is 22.4 Å². The molecule has 0 aliphatic heterocycles. The molecule has 0 amide bonds. The molecule has 0 radical (unpaired) electrons. The molecule has 3 aromatic rings. The van der Waals surface area contributed by atoms with E-state index in [2.05, 4.69) is 32.8 Å². The average Bonchev–Trinajstić information content (AvgIpc) is 2.85. The van der Waals surface area contributed by atoms with Gasteiger partial charge in [-0.05, 0) is 52.2 Å². The Morgan fingerprint density at radius 3 is 2.79 bits per heavy atom. The predicted octanol–water partition coefficient (Wildman–Crippen LogP) is 4.26. The number of nitrogens with zero attached hydrogens (tertiary/aromatic N) is 1. The highest BCUT2D eigenvalue weighted by Crippen LogP contribution is 2.36. The lowest BCUT2D eigenvalue weighted by molar-refractivity contribution is 0.473. The summed E-state index contributed by atoms with van der Waals surface area (Å²) in [5.74, 6) is 0.908. The zero-order valence-corrected chi connectivity index (χ0v) is 12.0. The molecule has 0 saturated heterocycles. The Morgan fingerprint density at radius 1 is 1.26 bits per heavy atom. The van der Waals surface area contributed by atoms with E-state index < -0.39 is 0 Å². The molecular weight excluding hydrogens is 304 g/mol. The number of hydrogen-bond donors (Lipinski definition) is 2. The monoisotopic (exact) mass is 316 g/mol. The maximum atomic E-state index is 10.2. The van der Waals surface area contributed by atoms with Crippen LogP contribution in [-0.2, 0) is 6.42 Å². The Hall–Kier alpha value is -1.81. The van der Waals surface area contributed by atoms with Crippen molar-refractivity contribution in [2.75, 3.05) is 0 Å². The number of aryl methyl sites for hydroxylation is 1. The van der Waals surface area contributed by atoms with Crippen LogP contribution in [-0.4, -0.2) is 15.1 Å². The van der Waals surface area contributed by atoms with Crippen molar-refractivity contribution in [3.63, 3.8) is 0 Å². The summed E-state index contributed by atoms with van der Waals surface area (Å²) in [6.07, 6.45) is 0.909. The Kier molecular flexibility index (Phi) is 3.03. The molecule has 2 N–H and O–H groups in total. The standard InChI is InChI=1S/C15H13BrN2O/c1-2-9-7-10(14(19)11(16)8-9)15-17-12-5-3-4-6-13(12)18-15/h3-8,19H,2H2,1H3,(H,17,18). The summed E-state index contributed by atoms with van der Waals surface area (Å²) in [6, 6.07) is 11.7. The molecule has 3 rings (SSSR count). The summed E-state index contributed by atoms with van der Waals surface area (Å²) >= 11 is 3.39. The summed E-state index contributed by atoms with van der Waals surface area (Å²) in [4.78, 5) is 7.76. The van der Waals surface area contributed by atoms with E-state index in [9.17, 15) is 5.11 Å². The van der Waals surface area contributed by atoms with Gasteiger partial charge in [0.05, 0.1) is 21.1 Å². The van der Waals surface area contributed by atoms with Gasteiger partial charge in [0.2, 0.25) is 0 Å². The van der Waals surface area contributed by atoms with Crippen molar-refractivity contribution in [3.05, 3.63) is 46.4 Å². The molecule has 0 aliphatic rings. The van der Waals surface area contributed by atoms with E-state index in [0.717, 1.165) is 28.6 Å². The van der Waals surface area contributed by atoms with Crippen LogP contribution in [0.3, 0.4) is 0 Å². The van der Waals surface area contributed by atoms with Crippen molar-refractivity contribution in [1.82, 2.24) is 9.97 Å². The van der Waals surface area contributed by atoms with E-state index in [1.54, 1.807) is 0 Å². The molecule has 2 aromatic carbocycles. The van der Waals surface area contributed by atoms with Crippen molar-refractivity contribution in [2.45, 2.75) is 13.3 Å². The van der Waals surface area contributed by atoms with E-state index >= 15 is 0 Å². The number of hydrogen-bond acceptors (Lipinski definition) is 2. The van der Waals surface area contributed by atoms with Gasteiger partial charge in [-0.1, -0.05) is 19.1 Å². The number of aromatic hydroxyl groups is 1. The lowest BCUT2D eigenvalue weighted by atomic mass is 10.1. The zero-order chi connectivity index (χ0) is 13.4. The lowest BCUT2D eigenvalue weighted by Gasteiger charge is -2.06. The molecule has 0 aliphatic carbocycles. The Morgan fingerprint density at radius 2 is 2.05 bits per heavy atom. The highest BCUT2D eigenvalue weighted by Gasteiger charge is 2.13. The number of fused-ring (bicyclic) bond motifs is 1. The van der Waals surface area contributed by atoms with E-state index in [0.29, 0.717) is 10.3 Å². The minimum Gasteiger partial charge on any atom is -0.506 e. The third kappa shape index (κ3) is 2.12. The summed E-state index contributed by atoms with van der Waals surface area (Å²) in [5, 5.41) is 10.2. The Balaban J connectivity index is 2.23. The third-order valence-corrected chi connectivity index (χ3v) is 3.78. The summed E-state index contributed by atoms with van der Waals surface area (Å²) in [5.41, 5.74) is 3.74. The lowest BCUT2D eigenvalue weighted by Crippen LogP contribution is -1.87. The van der Waals surface area contributed by atoms with Crippen LogP contribution in [0.4, 0.5) is 0 Å². The number of benzene rings is 2. The number of para-hydroxylation sites is 2. The SMILES string of the molecule is CCc1cc(Br)c(O)c(-c2nc3ccccc3[nH]2)c1. The second kappa shape index (κ2) is 4.70. The first-order chi connectivity index (χ1) is 9.19. The predicted molar refractivity (Wildman–Crippen MR) is 80.3 cm³/mol. The molecule has 0 atom stereocenters. The molecule has 0 bridgehead atoms. The molecule has 4 heteroatoms. The maximum Gasteiger partial charge on any atom is 0.142 e. The van der Waals surface area contributed by atoms with Gasteiger partial charge in [-0.15, -0.1) is 0 Å². The molecule has 0 unspecified atom stereocenters. The number of rotatable bonds is 2. The van der Waals surface area contributed by atoms with E-state index in [1.165, 1.54) is 0 Å². The minimum absolute atomic E-state index is 0.219. The molecular formula is C15H13BrN2O. The Labute approximate surface area is 119 Å². The molecule has 96 valence electrons. The first-order valence-corrected chi connectivity index (χ1v) is 6.95. The van der Waals surface area contributed by atoms with Gasteiger partial charge in [0.1, 0.15) is 11.6 Å². The normalized spacial score (nSPS) is 11.1. The largest absolute Gasteiger partial charge is 0.506 e. The Bertz CT molecular complexity index is 716. The first kappa shape index (κ1) is 12.2. The van der Waals surface area contributed by atoms with Crippen molar-refractivity contribution < 1.29 is 5.11 Å². The van der Waals surface area contributed by atoms with Crippen molar-refractivity contribution >= 4 is 27.0 Å². The topological polar surface area (TPSA) is 48.9 Å². The quantitative estimate of drug-likeness (QED) is 0.742. The maximum absolute atomic E-state index is 10.2. The molecule has 1 aromatic heterocycles. The number of nitrogens with one attached hydrogen (secondary N) is 1. The van der Waals surface area contributed by atoms with Crippen molar-refractivity contribution in [1.29, 1.82) is 0 Å². The number of aromatic amines is 1. The third-order valence-electron chi connectivity index (χ3n) is 3.18. The first-order valence-electron chi connectivity index (χ1n) is 6.15. The highest BCUT2D eigenvalue weighted by atomic mass is 79.9. The molecule has 1 heterocycles. The second-order valence-electron chi connectivity index (χ2n) is 4.43. The second-order valence-corrected chi connectivity index (χ2v) is 5.28. The van der Waals surface area contributed by atoms with Crippen LogP contribution < -0.4 is 0 Å². The minimum atomic E-state index is 0.219. The number of H-pyrrole nitrogens is 1. The van der Waals surface area contributed by atoms with Gasteiger partial charge in [-0.3, -0.25) is 0 Å². The van der Waals surface area contributed by atoms with Crippen molar-refractivity contribution in [2.24, 2.45) is 0 Å². The van der Waals surface area contributed by atoms with E-state index in [4.69, 9.17) is 0 Å². The fraction of sp³-hybridized carbons (Fsp3) is 0.133. The van der Waals surface area contributed by atoms with Gasteiger partial charge >= 0.3 is 0 Å². The number of phenolic OH excluding ortho intramolecular Hbond substituents is 1. The molecule has 19 heavy (non-hydrogen) atoms. The highest BCUT2D eigenvalue weighted by molar-refractivity contribution is 9.10. The zero-order valence-electron chi connectivity index (χ0n) is 10.4. The van der Waals surface area contributed by atoms with Gasteiger partial charge in [0, 0.05) is 0 Å². The van der Waals surface area contributed by atoms with Crippen LogP contribution in [0.2, 0.25) is 0 Å². The van der Waals surface area contributed by atoms with E-state index in [-0.39, 0.29) is 5.75 Å². The van der Waals surface area contributed by atoms with Crippen LogP contribution in [0.15, 0.2) is 40.9 Å². The number of imidazole rings is 1. The van der Waals surface area contributed by atoms with E-state index in [1.807, 2.05) is 36.4 Å². The molecule has 0 spiro atoms. The van der Waals surface area contributed by atoms with Crippen LogP contribution in [0.1, 0.15) is 12.5 Å². The molecule has 0 saturated carbocycles. The van der Waals surface area contributed by atoms with Gasteiger partial charge in [-0.25, -0.2) is 4.98 Å². The number of phenols is 1. The fourth-order valence-electron chi connectivity index (χ4n) is 2.12. The number of aromatic nitrogens is 2. The average molecular weight is 317 g/mol. The summed E-state index contributed by atoms with van der Waals surface area (Å²) < 4.78 is 0.697. The smallest absolute Gasteiger partial charge is 0.142 e. The number of halogens is 1.